The summed E-state index contributed by atoms with van der Waals surface area (Å²) in [7, 11) is 3.91. The van der Waals surface area contributed by atoms with Crippen molar-refractivity contribution in [2.75, 3.05) is 40.3 Å². The molecule has 86 valence electrons. The van der Waals surface area contributed by atoms with Crippen LogP contribution in [0.1, 0.15) is 27.2 Å². The highest BCUT2D eigenvalue weighted by molar-refractivity contribution is 4.69. The highest BCUT2D eigenvalue weighted by Gasteiger charge is 2.14. The van der Waals surface area contributed by atoms with Crippen molar-refractivity contribution < 1.29 is 4.74 Å². The molecule has 1 N–H and O–H groups in total. The van der Waals surface area contributed by atoms with Crippen LogP contribution in [0.4, 0.5) is 0 Å². The van der Waals surface area contributed by atoms with Gasteiger partial charge in [-0.05, 0) is 40.4 Å². The van der Waals surface area contributed by atoms with Gasteiger partial charge >= 0.3 is 0 Å². The molecule has 0 radical (unpaired) electrons. The zero-order valence-electron chi connectivity index (χ0n) is 10.4. The van der Waals surface area contributed by atoms with E-state index < -0.39 is 0 Å². The van der Waals surface area contributed by atoms with Gasteiger partial charge in [0.15, 0.2) is 0 Å². The molecule has 0 aliphatic rings. The first kappa shape index (κ1) is 13.9. The summed E-state index contributed by atoms with van der Waals surface area (Å²) < 4.78 is 5.34. The van der Waals surface area contributed by atoms with Gasteiger partial charge < -0.3 is 15.0 Å². The first-order chi connectivity index (χ1) is 6.52. The van der Waals surface area contributed by atoms with E-state index in [9.17, 15) is 0 Å². The van der Waals surface area contributed by atoms with Crippen LogP contribution in [0.15, 0.2) is 0 Å². The van der Waals surface area contributed by atoms with Crippen LogP contribution in [0, 0.1) is 0 Å². The Balaban J connectivity index is 3.30. The van der Waals surface area contributed by atoms with E-state index in [4.69, 9.17) is 4.74 Å². The minimum absolute atomic E-state index is 0.00363. The summed E-state index contributed by atoms with van der Waals surface area (Å²) in [5, 5.41) is 3.42. The Morgan fingerprint density at radius 3 is 2.43 bits per heavy atom. The number of nitrogens with one attached hydrogen (secondary N) is 1. The molecule has 0 amide bonds. The molecule has 0 bridgehead atoms. The number of rotatable bonds is 8. The summed E-state index contributed by atoms with van der Waals surface area (Å²) in [5.41, 5.74) is 0.00363. The molecule has 0 rings (SSSR count). The Morgan fingerprint density at radius 2 is 1.93 bits per heavy atom. The highest BCUT2D eigenvalue weighted by atomic mass is 16.5. The number of hydrogen-bond donors (Lipinski definition) is 1. The van der Waals surface area contributed by atoms with E-state index in [1.54, 1.807) is 7.11 Å². The van der Waals surface area contributed by atoms with Crippen molar-refractivity contribution in [3.05, 3.63) is 0 Å². The monoisotopic (exact) mass is 202 g/mol. The molecule has 0 saturated carbocycles. The van der Waals surface area contributed by atoms with Crippen LogP contribution in [0.3, 0.4) is 0 Å². The maximum absolute atomic E-state index is 5.34. The molecule has 14 heavy (non-hydrogen) atoms. The van der Waals surface area contributed by atoms with E-state index in [1.807, 2.05) is 0 Å². The summed E-state index contributed by atoms with van der Waals surface area (Å²) >= 11 is 0. The molecule has 0 aromatic heterocycles. The lowest BCUT2D eigenvalue weighted by Gasteiger charge is -2.23. The standard InChI is InChI=1S/C11H26N2O/c1-6-13(4)10-9-12-8-7-11(2,3)14-5/h12H,6-10H2,1-5H3. The van der Waals surface area contributed by atoms with Gasteiger partial charge in [-0.25, -0.2) is 0 Å². The molecule has 0 aromatic carbocycles. The molecular weight excluding hydrogens is 176 g/mol. The Kier molecular flexibility index (Phi) is 7.15. The SMILES string of the molecule is CCN(C)CCNCCC(C)(C)OC. The Bertz CT molecular complexity index is 137. The van der Waals surface area contributed by atoms with Crippen LogP contribution in [-0.4, -0.2) is 50.8 Å². The van der Waals surface area contributed by atoms with Gasteiger partial charge in [-0.2, -0.15) is 0 Å². The summed E-state index contributed by atoms with van der Waals surface area (Å²) in [6.07, 6.45) is 1.05. The van der Waals surface area contributed by atoms with E-state index >= 15 is 0 Å². The maximum Gasteiger partial charge on any atom is 0.0634 e. The van der Waals surface area contributed by atoms with Crippen molar-refractivity contribution in [3.63, 3.8) is 0 Å². The van der Waals surface area contributed by atoms with Crippen LogP contribution >= 0.6 is 0 Å². The van der Waals surface area contributed by atoms with E-state index in [0.29, 0.717) is 0 Å². The number of nitrogens with zero attached hydrogens (tertiary/aromatic N) is 1. The number of hydrogen-bond acceptors (Lipinski definition) is 3. The van der Waals surface area contributed by atoms with Crippen LogP contribution < -0.4 is 5.32 Å². The van der Waals surface area contributed by atoms with Gasteiger partial charge in [0.25, 0.3) is 0 Å². The zero-order valence-corrected chi connectivity index (χ0v) is 10.4. The van der Waals surface area contributed by atoms with Crippen LogP contribution in [0.25, 0.3) is 0 Å². The second-order valence-electron chi connectivity index (χ2n) is 4.36. The van der Waals surface area contributed by atoms with E-state index in [0.717, 1.165) is 32.6 Å². The lowest BCUT2D eigenvalue weighted by Crippen LogP contribution is -2.33. The average Bonchev–Trinajstić information content (AvgIpc) is 2.17. The third kappa shape index (κ3) is 7.30. The van der Waals surface area contributed by atoms with Crippen molar-refractivity contribution >= 4 is 0 Å². The quantitative estimate of drug-likeness (QED) is 0.601. The fraction of sp³-hybridized carbons (Fsp3) is 1.00. The molecule has 0 aliphatic heterocycles. The summed E-state index contributed by atoms with van der Waals surface area (Å²) in [6.45, 7) is 10.7. The molecule has 0 saturated heterocycles. The summed E-state index contributed by atoms with van der Waals surface area (Å²) in [4.78, 5) is 2.30. The lowest BCUT2D eigenvalue weighted by molar-refractivity contribution is 0.0158. The Morgan fingerprint density at radius 1 is 1.29 bits per heavy atom. The first-order valence-corrected chi connectivity index (χ1v) is 5.46. The van der Waals surface area contributed by atoms with E-state index in [-0.39, 0.29) is 5.60 Å². The largest absolute Gasteiger partial charge is 0.379 e. The van der Waals surface area contributed by atoms with Crippen molar-refractivity contribution in [1.29, 1.82) is 0 Å². The minimum atomic E-state index is 0.00363. The summed E-state index contributed by atoms with van der Waals surface area (Å²) in [5.74, 6) is 0. The van der Waals surface area contributed by atoms with Crippen molar-refractivity contribution in [1.82, 2.24) is 10.2 Å². The Labute approximate surface area is 88.8 Å². The van der Waals surface area contributed by atoms with Gasteiger partial charge in [0, 0.05) is 20.2 Å². The zero-order chi connectivity index (χ0) is 11.0. The second-order valence-corrected chi connectivity index (χ2v) is 4.36. The smallest absolute Gasteiger partial charge is 0.0634 e. The second kappa shape index (κ2) is 7.21. The molecule has 0 heterocycles. The van der Waals surface area contributed by atoms with Gasteiger partial charge in [-0.3, -0.25) is 0 Å². The normalized spacial score (nSPS) is 12.4. The predicted molar refractivity (Wildman–Crippen MR) is 61.7 cm³/mol. The highest BCUT2D eigenvalue weighted by Crippen LogP contribution is 2.10. The van der Waals surface area contributed by atoms with Gasteiger partial charge in [0.05, 0.1) is 5.60 Å². The van der Waals surface area contributed by atoms with Crippen molar-refractivity contribution in [2.24, 2.45) is 0 Å². The van der Waals surface area contributed by atoms with Gasteiger partial charge in [-0.15, -0.1) is 0 Å². The van der Waals surface area contributed by atoms with Crippen molar-refractivity contribution in [3.8, 4) is 0 Å². The van der Waals surface area contributed by atoms with Gasteiger partial charge in [0.1, 0.15) is 0 Å². The molecule has 3 nitrogen and oxygen atoms in total. The fourth-order valence-electron chi connectivity index (χ4n) is 1.04. The molecule has 0 atom stereocenters. The molecule has 0 aliphatic carbocycles. The van der Waals surface area contributed by atoms with E-state index in [1.165, 1.54) is 0 Å². The molecular formula is C11H26N2O. The van der Waals surface area contributed by atoms with E-state index in [2.05, 4.69) is 38.0 Å². The molecule has 0 aromatic rings. The fourth-order valence-corrected chi connectivity index (χ4v) is 1.04. The van der Waals surface area contributed by atoms with Crippen LogP contribution in [0.2, 0.25) is 0 Å². The molecule has 0 unspecified atom stereocenters. The Hall–Kier alpha value is -0.120. The predicted octanol–water partition coefficient (Wildman–Crippen LogP) is 1.34. The maximum atomic E-state index is 5.34. The number of ether oxygens (including phenoxy) is 1. The number of likely N-dealkylation sites (N-methyl/N-ethyl adjacent to an activating group) is 1. The summed E-state index contributed by atoms with van der Waals surface area (Å²) in [6, 6.07) is 0. The van der Waals surface area contributed by atoms with Crippen molar-refractivity contribution in [2.45, 2.75) is 32.8 Å². The first-order valence-electron chi connectivity index (χ1n) is 5.46. The molecule has 3 heteroatoms. The average molecular weight is 202 g/mol. The number of methoxy groups -OCH3 is 1. The van der Waals surface area contributed by atoms with Gasteiger partial charge in [0.2, 0.25) is 0 Å². The minimum Gasteiger partial charge on any atom is -0.379 e. The third-order valence-electron chi connectivity index (χ3n) is 2.67. The van der Waals surface area contributed by atoms with Crippen LogP contribution in [-0.2, 0) is 4.74 Å². The third-order valence-corrected chi connectivity index (χ3v) is 2.67. The molecule has 0 fully saturated rings. The molecule has 0 spiro atoms. The van der Waals surface area contributed by atoms with Gasteiger partial charge in [-0.1, -0.05) is 6.92 Å². The van der Waals surface area contributed by atoms with Crippen LogP contribution in [0.5, 0.6) is 0 Å². The lowest BCUT2D eigenvalue weighted by atomic mass is 10.1. The topological polar surface area (TPSA) is 24.5 Å².